The van der Waals surface area contributed by atoms with Gasteiger partial charge >= 0.3 is 0 Å². The maximum Gasteiger partial charge on any atom is 0.293 e. The molecule has 0 atom stereocenters. The number of rotatable bonds is 5. The summed E-state index contributed by atoms with van der Waals surface area (Å²) in [6, 6.07) is 2.67. The predicted molar refractivity (Wildman–Crippen MR) is 69.7 cm³/mol. The zero-order valence-corrected chi connectivity index (χ0v) is 10.4. The quantitative estimate of drug-likeness (QED) is 0.385. The zero-order valence-electron chi connectivity index (χ0n) is 8.87. The Bertz CT molecular complexity index is 469. The van der Waals surface area contributed by atoms with Crippen LogP contribution in [0.5, 0.6) is 0 Å². The molecule has 0 aliphatic carbocycles. The third-order valence-electron chi connectivity index (χ3n) is 2.05. The van der Waals surface area contributed by atoms with E-state index in [-0.39, 0.29) is 15.7 Å². The summed E-state index contributed by atoms with van der Waals surface area (Å²) in [5.41, 5.74) is 0.251. The van der Waals surface area contributed by atoms with Crippen LogP contribution in [0.15, 0.2) is 12.1 Å². The summed E-state index contributed by atoms with van der Waals surface area (Å²) in [4.78, 5) is 10.3. The summed E-state index contributed by atoms with van der Waals surface area (Å²) in [7, 11) is 0. The molecule has 0 heterocycles. The molecule has 0 fully saturated rings. The van der Waals surface area contributed by atoms with E-state index in [1.165, 1.54) is 12.1 Å². The van der Waals surface area contributed by atoms with E-state index in [4.69, 9.17) is 29.6 Å². The smallest absolute Gasteiger partial charge is 0.293 e. The summed E-state index contributed by atoms with van der Waals surface area (Å²) in [6.45, 7) is 0.545. The van der Waals surface area contributed by atoms with Crippen LogP contribution in [0.2, 0.25) is 10.0 Å². The van der Waals surface area contributed by atoms with Gasteiger partial charge in [-0.25, -0.2) is 0 Å². The van der Waals surface area contributed by atoms with Gasteiger partial charge < -0.3 is 5.32 Å². The highest BCUT2D eigenvalue weighted by Gasteiger charge is 2.16. The standard InChI is InChI=1S/C11H10Cl2N2O2/c1-2-3-4-5-14-10-6-8(12)9(13)7-11(10)15(16)17/h1,6-7,14H,3-5H2. The van der Waals surface area contributed by atoms with Gasteiger partial charge in [-0.2, -0.15) is 0 Å². The average molecular weight is 273 g/mol. The van der Waals surface area contributed by atoms with Gasteiger partial charge in [0.05, 0.1) is 15.0 Å². The van der Waals surface area contributed by atoms with Gasteiger partial charge in [0.15, 0.2) is 0 Å². The number of hydrogen-bond donors (Lipinski definition) is 1. The Balaban J connectivity index is 2.86. The lowest BCUT2D eigenvalue weighted by atomic mass is 10.2. The van der Waals surface area contributed by atoms with E-state index in [2.05, 4.69) is 11.2 Å². The first kappa shape index (κ1) is 13.6. The Kier molecular flexibility index (Phi) is 5.08. The van der Waals surface area contributed by atoms with Crippen LogP contribution in [-0.4, -0.2) is 11.5 Å². The second-order valence-corrected chi connectivity index (χ2v) is 4.09. The number of hydrogen-bond acceptors (Lipinski definition) is 3. The molecular formula is C11H10Cl2N2O2. The lowest BCUT2D eigenvalue weighted by Crippen LogP contribution is -2.04. The van der Waals surface area contributed by atoms with Crippen molar-refractivity contribution < 1.29 is 4.92 Å². The van der Waals surface area contributed by atoms with E-state index in [1.54, 1.807) is 0 Å². The third-order valence-corrected chi connectivity index (χ3v) is 2.77. The van der Waals surface area contributed by atoms with Crippen molar-refractivity contribution in [1.82, 2.24) is 0 Å². The SMILES string of the molecule is C#CCCCNc1cc(Cl)c(Cl)cc1[N+](=O)[O-]. The van der Waals surface area contributed by atoms with Gasteiger partial charge in [0.25, 0.3) is 5.69 Å². The van der Waals surface area contributed by atoms with Gasteiger partial charge in [0.1, 0.15) is 5.69 Å². The number of benzene rings is 1. The first-order chi connectivity index (χ1) is 8.06. The minimum Gasteiger partial charge on any atom is -0.379 e. The highest BCUT2D eigenvalue weighted by Crippen LogP contribution is 2.33. The molecule has 0 radical (unpaired) electrons. The molecule has 1 rings (SSSR count). The van der Waals surface area contributed by atoms with E-state index in [0.29, 0.717) is 18.7 Å². The van der Waals surface area contributed by atoms with Crippen molar-refractivity contribution in [2.24, 2.45) is 0 Å². The maximum atomic E-state index is 10.8. The second-order valence-electron chi connectivity index (χ2n) is 3.28. The van der Waals surface area contributed by atoms with Crippen LogP contribution in [0.25, 0.3) is 0 Å². The molecule has 0 aliphatic rings. The van der Waals surface area contributed by atoms with Crippen LogP contribution in [0.4, 0.5) is 11.4 Å². The molecule has 90 valence electrons. The number of nitrogens with one attached hydrogen (secondary N) is 1. The van der Waals surface area contributed by atoms with E-state index >= 15 is 0 Å². The largest absolute Gasteiger partial charge is 0.379 e. The summed E-state index contributed by atoms with van der Waals surface area (Å²) >= 11 is 11.5. The lowest BCUT2D eigenvalue weighted by molar-refractivity contribution is -0.383. The summed E-state index contributed by atoms with van der Waals surface area (Å²) in [5, 5.41) is 14.2. The molecule has 0 spiro atoms. The predicted octanol–water partition coefficient (Wildman–Crippen LogP) is 3.73. The van der Waals surface area contributed by atoms with Gasteiger partial charge in [-0.15, -0.1) is 12.3 Å². The van der Waals surface area contributed by atoms with Crippen molar-refractivity contribution in [3.63, 3.8) is 0 Å². The number of terminal acetylenes is 1. The molecular weight excluding hydrogens is 263 g/mol. The fraction of sp³-hybridized carbons (Fsp3) is 0.273. The van der Waals surface area contributed by atoms with Gasteiger partial charge in [-0.05, 0) is 12.5 Å². The number of unbranched alkanes of at least 4 members (excludes halogenated alkanes) is 1. The molecule has 17 heavy (non-hydrogen) atoms. The number of nitro groups is 1. The van der Waals surface area contributed by atoms with Crippen molar-refractivity contribution in [2.75, 3.05) is 11.9 Å². The summed E-state index contributed by atoms with van der Waals surface area (Å²) < 4.78 is 0. The highest BCUT2D eigenvalue weighted by atomic mass is 35.5. The molecule has 0 aromatic heterocycles. The van der Waals surface area contributed by atoms with Crippen LogP contribution < -0.4 is 5.32 Å². The summed E-state index contributed by atoms with van der Waals surface area (Å²) in [5.74, 6) is 2.49. The minimum atomic E-state index is -0.508. The maximum absolute atomic E-state index is 10.8. The first-order valence-electron chi connectivity index (χ1n) is 4.87. The van der Waals surface area contributed by atoms with E-state index in [0.717, 1.165) is 6.42 Å². The minimum absolute atomic E-state index is 0.0971. The van der Waals surface area contributed by atoms with Gasteiger partial charge in [0, 0.05) is 19.0 Å². The highest BCUT2D eigenvalue weighted by molar-refractivity contribution is 6.42. The lowest BCUT2D eigenvalue weighted by Gasteiger charge is -2.07. The van der Waals surface area contributed by atoms with Crippen LogP contribution in [0.3, 0.4) is 0 Å². The monoisotopic (exact) mass is 272 g/mol. The molecule has 1 aromatic rings. The second kappa shape index (κ2) is 6.33. The first-order valence-corrected chi connectivity index (χ1v) is 5.62. The summed E-state index contributed by atoms with van der Waals surface area (Å²) in [6.07, 6.45) is 6.45. The third kappa shape index (κ3) is 3.81. The van der Waals surface area contributed by atoms with Gasteiger partial charge in [-0.1, -0.05) is 23.2 Å². The van der Waals surface area contributed by atoms with Crippen molar-refractivity contribution in [2.45, 2.75) is 12.8 Å². The molecule has 0 saturated heterocycles. The van der Waals surface area contributed by atoms with E-state index in [1.807, 2.05) is 0 Å². The van der Waals surface area contributed by atoms with Gasteiger partial charge in [-0.3, -0.25) is 10.1 Å². The van der Waals surface area contributed by atoms with Crippen molar-refractivity contribution >= 4 is 34.6 Å². The fourth-order valence-electron chi connectivity index (χ4n) is 1.24. The Morgan fingerprint density at radius 1 is 1.41 bits per heavy atom. The Morgan fingerprint density at radius 3 is 2.65 bits per heavy atom. The normalized spacial score (nSPS) is 9.71. The van der Waals surface area contributed by atoms with Crippen LogP contribution in [0, 0.1) is 22.5 Å². The molecule has 0 saturated carbocycles. The van der Waals surface area contributed by atoms with Gasteiger partial charge in [0.2, 0.25) is 0 Å². The Labute approximate surface area is 109 Å². The van der Waals surface area contributed by atoms with Crippen LogP contribution >= 0.6 is 23.2 Å². The molecule has 1 aromatic carbocycles. The number of anilines is 1. The van der Waals surface area contributed by atoms with Crippen molar-refractivity contribution in [3.05, 3.63) is 32.3 Å². The topological polar surface area (TPSA) is 55.2 Å². The van der Waals surface area contributed by atoms with Crippen molar-refractivity contribution in [3.8, 4) is 12.3 Å². The Hall–Kier alpha value is -1.44. The molecule has 0 amide bonds. The molecule has 0 bridgehead atoms. The molecule has 0 unspecified atom stereocenters. The van der Waals surface area contributed by atoms with E-state index in [9.17, 15) is 10.1 Å². The van der Waals surface area contributed by atoms with Crippen LogP contribution in [-0.2, 0) is 0 Å². The molecule has 1 N–H and O–H groups in total. The number of halogens is 2. The zero-order chi connectivity index (χ0) is 12.8. The molecule has 0 aliphatic heterocycles. The van der Waals surface area contributed by atoms with E-state index < -0.39 is 4.92 Å². The van der Waals surface area contributed by atoms with Crippen LogP contribution in [0.1, 0.15) is 12.8 Å². The molecule has 6 heteroatoms. The average Bonchev–Trinajstić information content (AvgIpc) is 2.28. The van der Waals surface area contributed by atoms with Crippen molar-refractivity contribution in [1.29, 1.82) is 0 Å². The molecule has 4 nitrogen and oxygen atoms in total. The fourth-order valence-corrected chi connectivity index (χ4v) is 1.56. The number of nitrogens with zero attached hydrogens (tertiary/aromatic N) is 1. The number of nitro benzene ring substituents is 1. The Morgan fingerprint density at radius 2 is 2.06 bits per heavy atom.